The normalized spacial score (nSPS) is 12.1. The summed E-state index contributed by atoms with van der Waals surface area (Å²) in [5, 5.41) is 8.08. The Kier molecular flexibility index (Phi) is 5.13. The molecule has 0 aliphatic rings. The van der Waals surface area contributed by atoms with Gasteiger partial charge in [-0.2, -0.15) is 0 Å². The van der Waals surface area contributed by atoms with Crippen LogP contribution < -0.4 is 16.3 Å². The van der Waals surface area contributed by atoms with E-state index in [0.29, 0.717) is 16.1 Å². The molecule has 1 atom stereocenters. The molecule has 8 heteroatoms. The number of rotatable bonds is 5. The Morgan fingerprint density at radius 2 is 2.00 bits per heavy atom. The zero-order valence-corrected chi connectivity index (χ0v) is 15.0. The zero-order chi connectivity index (χ0) is 18.7. The first kappa shape index (κ1) is 17.8. The molecule has 0 spiro atoms. The molecule has 3 aromatic rings. The lowest BCUT2D eigenvalue weighted by Gasteiger charge is -2.20. The standard InChI is InChI=1S/C18H17N3O4S/c1-10(2)14(16(23)21-18-19-7-8-26-18)20-15(22)12-9-11-5-3-4-6-13(11)25-17(12)24/h3-10,14H,1-2H3,(H,20,22)(H,19,21,23)/t14-/m0/s1. The van der Waals surface area contributed by atoms with Crippen LogP contribution in [-0.2, 0) is 4.79 Å². The molecule has 26 heavy (non-hydrogen) atoms. The molecule has 2 amide bonds. The van der Waals surface area contributed by atoms with Crippen molar-refractivity contribution in [2.45, 2.75) is 19.9 Å². The van der Waals surface area contributed by atoms with Crippen molar-refractivity contribution in [3.05, 3.63) is 57.9 Å². The van der Waals surface area contributed by atoms with Crippen molar-refractivity contribution >= 4 is 39.3 Å². The van der Waals surface area contributed by atoms with Crippen LogP contribution in [-0.4, -0.2) is 22.8 Å². The van der Waals surface area contributed by atoms with Gasteiger partial charge in [-0.25, -0.2) is 9.78 Å². The average Bonchev–Trinajstić information content (AvgIpc) is 3.11. The van der Waals surface area contributed by atoms with E-state index in [0.717, 1.165) is 0 Å². The van der Waals surface area contributed by atoms with Crippen LogP contribution in [0, 0.1) is 5.92 Å². The van der Waals surface area contributed by atoms with E-state index in [2.05, 4.69) is 15.6 Å². The largest absolute Gasteiger partial charge is 0.422 e. The van der Waals surface area contributed by atoms with E-state index in [1.165, 1.54) is 17.4 Å². The van der Waals surface area contributed by atoms with Gasteiger partial charge < -0.3 is 15.1 Å². The van der Waals surface area contributed by atoms with E-state index in [1.807, 2.05) is 0 Å². The van der Waals surface area contributed by atoms with E-state index in [9.17, 15) is 14.4 Å². The minimum Gasteiger partial charge on any atom is -0.422 e. The highest BCUT2D eigenvalue weighted by atomic mass is 32.1. The van der Waals surface area contributed by atoms with Gasteiger partial charge in [-0.15, -0.1) is 11.3 Å². The number of thiazole rings is 1. The molecular formula is C18H17N3O4S. The third-order valence-electron chi connectivity index (χ3n) is 3.78. The predicted octanol–water partition coefficient (Wildman–Crippen LogP) is 2.64. The minimum atomic E-state index is -0.822. The summed E-state index contributed by atoms with van der Waals surface area (Å²) in [6.07, 6.45) is 1.57. The van der Waals surface area contributed by atoms with Crippen molar-refractivity contribution in [1.82, 2.24) is 10.3 Å². The van der Waals surface area contributed by atoms with Crippen molar-refractivity contribution in [3.8, 4) is 0 Å². The molecule has 0 bridgehead atoms. The number of anilines is 1. The van der Waals surface area contributed by atoms with E-state index in [4.69, 9.17) is 4.42 Å². The number of hydrogen-bond acceptors (Lipinski definition) is 6. The zero-order valence-electron chi connectivity index (χ0n) is 14.2. The monoisotopic (exact) mass is 371 g/mol. The molecular weight excluding hydrogens is 354 g/mol. The maximum atomic E-state index is 12.6. The highest BCUT2D eigenvalue weighted by molar-refractivity contribution is 7.13. The maximum Gasteiger partial charge on any atom is 0.349 e. The number of nitrogens with zero attached hydrogens (tertiary/aromatic N) is 1. The molecule has 0 saturated heterocycles. The summed E-state index contributed by atoms with van der Waals surface area (Å²) in [4.78, 5) is 41.1. The average molecular weight is 371 g/mol. The minimum absolute atomic E-state index is 0.142. The van der Waals surface area contributed by atoms with Gasteiger partial charge in [0.25, 0.3) is 5.91 Å². The summed E-state index contributed by atoms with van der Waals surface area (Å²) in [5.41, 5.74) is -0.489. The summed E-state index contributed by atoms with van der Waals surface area (Å²) in [5.74, 6) is -1.24. The number of fused-ring (bicyclic) bond motifs is 1. The number of para-hydroxylation sites is 1. The van der Waals surface area contributed by atoms with Crippen LogP contribution >= 0.6 is 11.3 Å². The van der Waals surface area contributed by atoms with Crippen LogP contribution in [0.5, 0.6) is 0 Å². The van der Waals surface area contributed by atoms with E-state index >= 15 is 0 Å². The topological polar surface area (TPSA) is 101 Å². The quantitative estimate of drug-likeness (QED) is 0.672. The lowest BCUT2D eigenvalue weighted by atomic mass is 10.0. The molecule has 0 aliphatic carbocycles. The number of carbonyl (C=O) groups excluding carboxylic acids is 2. The first-order chi connectivity index (χ1) is 12.5. The van der Waals surface area contributed by atoms with E-state index in [-0.39, 0.29) is 11.5 Å². The molecule has 0 saturated carbocycles. The Hall–Kier alpha value is -3.00. The molecule has 7 nitrogen and oxygen atoms in total. The number of aromatic nitrogens is 1. The van der Waals surface area contributed by atoms with Crippen LogP contribution in [0.1, 0.15) is 24.2 Å². The highest BCUT2D eigenvalue weighted by Gasteiger charge is 2.26. The van der Waals surface area contributed by atoms with Gasteiger partial charge in [-0.3, -0.25) is 9.59 Å². The smallest absolute Gasteiger partial charge is 0.349 e. The van der Waals surface area contributed by atoms with Gasteiger partial charge in [0, 0.05) is 17.0 Å². The SMILES string of the molecule is CC(C)[C@H](NC(=O)c1cc2ccccc2oc1=O)C(=O)Nc1nccs1. The Balaban J connectivity index is 1.83. The molecule has 2 N–H and O–H groups in total. The Morgan fingerprint density at radius 3 is 2.69 bits per heavy atom. The number of carbonyl (C=O) groups is 2. The molecule has 2 heterocycles. The molecule has 2 aromatic heterocycles. The summed E-state index contributed by atoms with van der Waals surface area (Å²) in [6.45, 7) is 3.60. The van der Waals surface area contributed by atoms with Crippen LogP contribution in [0.15, 0.2) is 51.1 Å². The first-order valence-electron chi connectivity index (χ1n) is 8.00. The molecule has 0 fully saturated rings. The molecule has 0 aliphatic heterocycles. The van der Waals surface area contributed by atoms with Gasteiger partial charge in [0.05, 0.1) is 0 Å². The number of benzene rings is 1. The fourth-order valence-electron chi connectivity index (χ4n) is 2.44. The van der Waals surface area contributed by atoms with Crippen molar-refractivity contribution in [3.63, 3.8) is 0 Å². The van der Waals surface area contributed by atoms with Gasteiger partial charge in [0.2, 0.25) is 5.91 Å². The summed E-state index contributed by atoms with van der Waals surface area (Å²) < 4.78 is 5.18. The molecule has 134 valence electrons. The Bertz CT molecular complexity index is 995. The molecule has 3 rings (SSSR count). The Morgan fingerprint density at radius 1 is 1.23 bits per heavy atom. The molecule has 1 aromatic carbocycles. The number of amides is 2. The summed E-state index contributed by atoms with van der Waals surface area (Å²) in [6, 6.07) is 7.55. The van der Waals surface area contributed by atoms with Gasteiger partial charge in [0.1, 0.15) is 17.2 Å². The van der Waals surface area contributed by atoms with Gasteiger partial charge in [-0.1, -0.05) is 32.0 Å². The maximum absolute atomic E-state index is 12.6. The molecule has 0 unspecified atom stereocenters. The van der Waals surface area contributed by atoms with Crippen LogP contribution in [0.4, 0.5) is 5.13 Å². The Labute approximate surface area is 153 Å². The van der Waals surface area contributed by atoms with Crippen molar-refractivity contribution in [2.75, 3.05) is 5.32 Å². The van der Waals surface area contributed by atoms with Crippen LogP contribution in [0.25, 0.3) is 11.0 Å². The van der Waals surface area contributed by atoms with Crippen LogP contribution in [0.3, 0.4) is 0 Å². The first-order valence-corrected chi connectivity index (χ1v) is 8.88. The summed E-state index contributed by atoms with van der Waals surface area (Å²) in [7, 11) is 0. The van der Waals surface area contributed by atoms with Gasteiger partial charge >= 0.3 is 5.63 Å². The predicted molar refractivity (Wildman–Crippen MR) is 99.3 cm³/mol. The van der Waals surface area contributed by atoms with Crippen molar-refractivity contribution < 1.29 is 14.0 Å². The number of hydrogen-bond donors (Lipinski definition) is 2. The van der Waals surface area contributed by atoms with E-state index in [1.54, 1.807) is 49.7 Å². The summed E-state index contributed by atoms with van der Waals surface area (Å²) >= 11 is 1.28. The van der Waals surface area contributed by atoms with Crippen LogP contribution in [0.2, 0.25) is 0 Å². The fourth-order valence-corrected chi connectivity index (χ4v) is 2.97. The fraction of sp³-hybridized carbons (Fsp3) is 0.222. The lowest BCUT2D eigenvalue weighted by molar-refractivity contribution is -0.118. The van der Waals surface area contributed by atoms with Gasteiger partial charge in [-0.05, 0) is 18.1 Å². The highest BCUT2D eigenvalue weighted by Crippen LogP contribution is 2.15. The third kappa shape index (κ3) is 3.80. The number of nitrogens with one attached hydrogen (secondary N) is 2. The van der Waals surface area contributed by atoms with Crippen molar-refractivity contribution in [1.29, 1.82) is 0 Å². The van der Waals surface area contributed by atoms with Gasteiger partial charge in [0.15, 0.2) is 5.13 Å². The second kappa shape index (κ2) is 7.49. The van der Waals surface area contributed by atoms with Crippen molar-refractivity contribution in [2.24, 2.45) is 5.92 Å². The molecule has 0 radical (unpaired) electrons. The second-order valence-electron chi connectivity index (χ2n) is 6.01. The lowest BCUT2D eigenvalue weighted by Crippen LogP contribution is -2.47. The van der Waals surface area contributed by atoms with E-state index < -0.39 is 23.5 Å². The third-order valence-corrected chi connectivity index (χ3v) is 4.47. The second-order valence-corrected chi connectivity index (χ2v) is 6.90.